The van der Waals surface area contributed by atoms with Gasteiger partial charge >= 0.3 is 0 Å². The van der Waals surface area contributed by atoms with E-state index in [1.807, 2.05) is 37.4 Å². The molecule has 3 heteroatoms. The van der Waals surface area contributed by atoms with Crippen molar-refractivity contribution < 1.29 is 9.47 Å². The predicted molar refractivity (Wildman–Crippen MR) is 105 cm³/mol. The molecule has 0 saturated carbocycles. The summed E-state index contributed by atoms with van der Waals surface area (Å²) in [5.74, 6) is 0.881. The SMILES string of the molecule is CCOCCC/N=C/c1ccc(OCc2ccc(C)c(C)c2C)cc1. The zero-order valence-electron chi connectivity index (χ0n) is 15.8. The highest BCUT2D eigenvalue weighted by Gasteiger charge is 2.04. The molecule has 0 aliphatic carbocycles. The molecule has 0 fully saturated rings. The molecular weight excluding hydrogens is 310 g/mol. The molecule has 0 unspecified atom stereocenters. The Labute approximate surface area is 151 Å². The number of aryl methyl sites for hydroxylation is 1. The van der Waals surface area contributed by atoms with Crippen molar-refractivity contribution in [2.75, 3.05) is 19.8 Å². The molecule has 0 radical (unpaired) electrons. The lowest BCUT2D eigenvalue weighted by molar-refractivity contribution is 0.146. The lowest BCUT2D eigenvalue weighted by atomic mass is 9.99. The maximum Gasteiger partial charge on any atom is 0.119 e. The van der Waals surface area contributed by atoms with Crippen LogP contribution >= 0.6 is 0 Å². The van der Waals surface area contributed by atoms with Gasteiger partial charge in [-0.25, -0.2) is 0 Å². The molecule has 0 atom stereocenters. The summed E-state index contributed by atoms with van der Waals surface area (Å²) in [6.07, 6.45) is 2.87. The molecule has 3 nitrogen and oxygen atoms in total. The Morgan fingerprint density at radius 3 is 2.44 bits per heavy atom. The van der Waals surface area contributed by atoms with Crippen LogP contribution in [0.3, 0.4) is 0 Å². The number of benzene rings is 2. The molecular formula is C22H29NO2. The van der Waals surface area contributed by atoms with Gasteiger partial charge in [-0.05, 0) is 86.2 Å². The lowest BCUT2D eigenvalue weighted by Gasteiger charge is -2.12. The highest BCUT2D eigenvalue weighted by atomic mass is 16.5. The standard InChI is InChI=1S/C22H29NO2/c1-5-24-14-6-13-23-15-20-8-11-22(12-9-20)25-16-21-10-7-17(2)18(3)19(21)4/h7-12,15H,5-6,13-14,16H2,1-4H3/b23-15+. The van der Waals surface area contributed by atoms with Gasteiger partial charge < -0.3 is 9.47 Å². The number of hydrogen-bond acceptors (Lipinski definition) is 3. The van der Waals surface area contributed by atoms with E-state index < -0.39 is 0 Å². The average Bonchev–Trinajstić information content (AvgIpc) is 2.63. The van der Waals surface area contributed by atoms with Gasteiger partial charge in [-0.15, -0.1) is 0 Å². The zero-order chi connectivity index (χ0) is 18.1. The Hall–Kier alpha value is -2.13. The second-order valence-electron chi connectivity index (χ2n) is 6.24. The fraction of sp³-hybridized carbons (Fsp3) is 0.409. The summed E-state index contributed by atoms with van der Waals surface area (Å²) in [6, 6.07) is 12.4. The third-order valence-corrected chi connectivity index (χ3v) is 4.47. The van der Waals surface area contributed by atoms with Crippen LogP contribution in [0.5, 0.6) is 5.75 Å². The maximum atomic E-state index is 5.93. The van der Waals surface area contributed by atoms with Crippen molar-refractivity contribution in [3.63, 3.8) is 0 Å². The quantitative estimate of drug-likeness (QED) is 0.473. The molecule has 25 heavy (non-hydrogen) atoms. The van der Waals surface area contributed by atoms with Crippen molar-refractivity contribution in [3.8, 4) is 5.75 Å². The second-order valence-corrected chi connectivity index (χ2v) is 6.24. The van der Waals surface area contributed by atoms with E-state index in [-0.39, 0.29) is 0 Å². The van der Waals surface area contributed by atoms with Gasteiger partial charge in [0.05, 0.1) is 0 Å². The highest BCUT2D eigenvalue weighted by molar-refractivity contribution is 5.79. The van der Waals surface area contributed by atoms with E-state index in [9.17, 15) is 0 Å². The van der Waals surface area contributed by atoms with Crippen molar-refractivity contribution in [1.29, 1.82) is 0 Å². The van der Waals surface area contributed by atoms with Gasteiger partial charge in [-0.2, -0.15) is 0 Å². The van der Waals surface area contributed by atoms with Gasteiger partial charge in [-0.1, -0.05) is 12.1 Å². The topological polar surface area (TPSA) is 30.8 Å². The summed E-state index contributed by atoms with van der Waals surface area (Å²) in [6.45, 7) is 11.4. The van der Waals surface area contributed by atoms with Crippen LogP contribution in [0.15, 0.2) is 41.4 Å². The van der Waals surface area contributed by atoms with Crippen LogP contribution in [0.2, 0.25) is 0 Å². The lowest BCUT2D eigenvalue weighted by Crippen LogP contribution is -2.00. The van der Waals surface area contributed by atoms with E-state index in [0.29, 0.717) is 6.61 Å². The van der Waals surface area contributed by atoms with Crippen LogP contribution < -0.4 is 4.74 Å². The molecule has 0 aliphatic heterocycles. The van der Waals surface area contributed by atoms with E-state index >= 15 is 0 Å². The smallest absolute Gasteiger partial charge is 0.119 e. The minimum absolute atomic E-state index is 0.595. The molecule has 0 bridgehead atoms. The van der Waals surface area contributed by atoms with Gasteiger partial charge in [0.2, 0.25) is 0 Å². The number of ether oxygens (including phenoxy) is 2. The van der Waals surface area contributed by atoms with E-state index in [4.69, 9.17) is 9.47 Å². The van der Waals surface area contributed by atoms with E-state index in [1.54, 1.807) is 0 Å². The minimum Gasteiger partial charge on any atom is -0.489 e. The first kappa shape index (κ1) is 19.2. The number of rotatable bonds is 9. The minimum atomic E-state index is 0.595. The van der Waals surface area contributed by atoms with Crippen LogP contribution in [-0.2, 0) is 11.3 Å². The first-order valence-corrected chi connectivity index (χ1v) is 8.98. The zero-order valence-corrected chi connectivity index (χ0v) is 15.8. The van der Waals surface area contributed by atoms with Crippen molar-refractivity contribution in [2.45, 2.75) is 40.7 Å². The molecule has 0 N–H and O–H groups in total. The van der Waals surface area contributed by atoms with E-state index in [2.05, 4.69) is 37.9 Å². The Balaban J connectivity index is 1.84. The normalized spacial score (nSPS) is 11.2. The van der Waals surface area contributed by atoms with Crippen LogP contribution in [0.25, 0.3) is 0 Å². The van der Waals surface area contributed by atoms with Crippen molar-refractivity contribution in [2.24, 2.45) is 4.99 Å². The largest absolute Gasteiger partial charge is 0.489 e. The summed E-state index contributed by atoms with van der Waals surface area (Å²) < 4.78 is 11.2. The fourth-order valence-electron chi connectivity index (χ4n) is 2.55. The molecule has 2 rings (SSSR count). The molecule has 0 amide bonds. The third-order valence-electron chi connectivity index (χ3n) is 4.47. The molecule has 2 aromatic carbocycles. The van der Waals surface area contributed by atoms with Crippen molar-refractivity contribution >= 4 is 6.21 Å². The maximum absolute atomic E-state index is 5.93. The molecule has 0 aliphatic rings. The molecule has 2 aromatic rings. The third kappa shape index (κ3) is 6.02. The highest BCUT2D eigenvalue weighted by Crippen LogP contribution is 2.19. The summed E-state index contributed by atoms with van der Waals surface area (Å²) in [7, 11) is 0. The second kappa shape index (κ2) is 10.00. The van der Waals surface area contributed by atoms with Gasteiger partial charge in [0.25, 0.3) is 0 Å². The number of hydrogen-bond donors (Lipinski definition) is 0. The summed E-state index contributed by atoms with van der Waals surface area (Å²) in [5, 5.41) is 0. The molecule has 134 valence electrons. The first-order valence-electron chi connectivity index (χ1n) is 8.98. The molecule has 0 heterocycles. The summed E-state index contributed by atoms with van der Waals surface area (Å²) in [5.41, 5.74) is 6.31. The average molecular weight is 339 g/mol. The van der Waals surface area contributed by atoms with Crippen LogP contribution in [0.4, 0.5) is 0 Å². The van der Waals surface area contributed by atoms with E-state index in [0.717, 1.165) is 37.5 Å². The van der Waals surface area contributed by atoms with Crippen LogP contribution in [0.1, 0.15) is 41.2 Å². The van der Waals surface area contributed by atoms with Gasteiger partial charge in [0, 0.05) is 26.0 Å². The van der Waals surface area contributed by atoms with Crippen molar-refractivity contribution in [1.82, 2.24) is 0 Å². The fourth-order valence-corrected chi connectivity index (χ4v) is 2.55. The number of aliphatic imine (C=N–C) groups is 1. The number of nitrogens with zero attached hydrogens (tertiary/aromatic N) is 1. The monoisotopic (exact) mass is 339 g/mol. The summed E-state index contributed by atoms with van der Waals surface area (Å²) >= 11 is 0. The van der Waals surface area contributed by atoms with Gasteiger partial charge in [-0.3, -0.25) is 4.99 Å². The molecule has 0 aromatic heterocycles. The molecule has 0 saturated heterocycles. The van der Waals surface area contributed by atoms with Gasteiger partial charge in [0.1, 0.15) is 12.4 Å². The molecule has 0 spiro atoms. The van der Waals surface area contributed by atoms with Crippen LogP contribution in [0, 0.1) is 20.8 Å². The Morgan fingerprint density at radius 2 is 1.72 bits per heavy atom. The predicted octanol–water partition coefficient (Wildman–Crippen LogP) is 5.04. The van der Waals surface area contributed by atoms with Crippen LogP contribution in [-0.4, -0.2) is 26.0 Å². The van der Waals surface area contributed by atoms with Crippen molar-refractivity contribution in [3.05, 3.63) is 64.2 Å². The first-order chi connectivity index (χ1) is 12.1. The Bertz CT molecular complexity index is 690. The van der Waals surface area contributed by atoms with Gasteiger partial charge in [0.15, 0.2) is 0 Å². The Kier molecular flexibility index (Phi) is 7.68. The summed E-state index contributed by atoms with van der Waals surface area (Å²) in [4.78, 5) is 4.42. The Morgan fingerprint density at radius 1 is 0.960 bits per heavy atom. The van der Waals surface area contributed by atoms with E-state index in [1.165, 1.54) is 22.3 Å².